The van der Waals surface area contributed by atoms with Crippen LogP contribution in [0.1, 0.15) is 12.8 Å². The summed E-state index contributed by atoms with van der Waals surface area (Å²) in [6, 6.07) is 78.1. The zero-order valence-electron chi connectivity index (χ0n) is 45.2. The molecule has 0 saturated carbocycles. The van der Waals surface area contributed by atoms with Gasteiger partial charge in [0.1, 0.15) is 0 Å². The minimum absolute atomic E-state index is 0.303. The van der Waals surface area contributed by atoms with Crippen molar-refractivity contribution in [2.24, 2.45) is 11.5 Å². The van der Waals surface area contributed by atoms with Gasteiger partial charge in [-0.15, -0.1) is 0 Å². The van der Waals surface area contributed by atoms with Gasteiger partial charge >= 0.3 is 87.6 Å². The summed E-state index contributed by atoms with van der Waals surface area (Å²) in [5.41, 5.74) is 13.1. The molecule has 8 aromatic carbocycles. The fourth-order valence-electron chi connectivity index (χ4n) is 11.1. The smallest absolute Gasteiger partial charge is 0.391 e. The summed E-state index contributed by atoms with van der Waals surface area (Å²) in [7, 11) is -48.6. The Bertz CT molecular complexity index is 3000. The zero-order valence-corrected chi connectivity index (χ0v) is 55.2. The second-order valence-electron chi connectivity index (χ2n) is 20.9. The van der Waals surface area contributed by atoms with E-state index in [0.29, 0.717) is 79.5 Å². The molecule has 16 nitrogen and oxygen atoms in total. The van der Waals surface area contributed by atoms with E-state index in [1.54, 1.807) is 0 Å². The minimum atomic E-state index is -5.15. The molecule has 4 N–H and O–H groups in total. The van der Waals surface area contributed by atoms with Crippen molar-refractivity contribution in [3.63, 3.8) is 0 Å². The molecule has 6 aliphatic heterocycles. The summed E-state index contributed by atoms with van der Waals surface area (Å²) < 4.78 is 118. The molecule has 6 fully saturated rings. The third-order valence-electron chi connectivity index (χ3n) is 14.8. The van der Waals surface area contributed by atoms with E-state index in [2.05, 4.69) is 0 Å². The molecule has 82 heavy (non-hydrogen) atoms. The van der Waals surface area contributed by atoms with E-state index in [-0.39, 0.29) is 0 Å². The molecule has 0 radical (unpaired) electrons. The highest BCUT2D eigenvalue weighted by molar-refractivity contribution is 7.12. The molecule has 6 heterocycles. The molecule has 8 bridgehead atoms. The van der Waals surface area contributed by atoms with E-state index in [9.17, 15) is 0 Å². The van der Waals surface area contributed by atoms with E-state index < -0.39 is 87.6 Å². The Morgan fingerprint density at radius 2 is 0.354 bits per heavy atom. The second kappa shape index (κ2) is 22.3. The lowest BCUT2D eigenvalue weighted by molar-refractivity contribution is 0.0253. The quantitative estimate of drug-likeness (QED) is 0.150. The van der Waals surface area contributed by atoms with Gasteiger partial charge in [-0.05, 0) is 51.1 Å². The van der Waals surface area contributed by atoms with Gasteiger partial charge in [-0.1, -0.05) is 243 Å². The molecule has 14 rings (SSSR count). The van der Waals surface area contributed by atoms with Gasteiger partial charge in [0.2, 0.25) is 0 Å². The standard InChI is InChI=1S/C56H62N2O14Si10/c1-73(47-27-45-57)59-75(49-29-11-3-12-30-49)63-79(53-37-19-7-20-38-53)67-77(51-33-15-5-16-34-51)61-74(2,48-28-46-58)62-78(52-35-17-6-18-36-52)69-81(71-79,55-41-23-9-24-42-55)65-76(60-73,50-31-13-4-14-32-50)66-82(70-78,56-43-25-10-26-44-56)72-80(64-75,68-77)54-39-21-8-22-40-54/h3-26,29-44H,27-28,45-48,57-58H2,1-2H3. The molecule has 26 heteroatoms. The Hall–Kier alpha value is -4.71. The predicted molar refractivity (Wildman–Crippen MR) is 330 cm³/mol. The first-order chi connectivity index (χ1) is 39.9. The van der Waals surface area contributed by atoms with Gasteiger partial charge in [-0.2, -0.15) is 0 Å². The molecule has 8 aromatic rings. The van der Waals surface area contributed by atoms with Crippen molar-refractivity contribution in [2.45, 2.75) is 38.0 Å². The van der Waals surface area contributed by atoms with Crippen molar-refractivity contribution in [3.8, 4) is 0 Å². The highest BCUT2D eigenvalue weighted by Crippen LogP contribution is 2.48. The van der Waals surface area contributed by atoms with Crippen molar-refractivity contribution < 1.29 is 57.6 Å². The first-order valence-corrected chi connectivity index (χ1v) is 46.4. The van der Waals surface area contributed by atoms with E-state index in [4.69, 9.17) is 69.1 Å². The molecular weight excluding hydrogens is 1210 g/mol. The van der Waals surface area contributed by atoms with Crippen LogP contribution in [0, 0.1) is 0 Å². The Kier molecular flexibility index (Phi) is 15.3. The van der Waals surface area contributed by atoms with Crippen LogP contribution in [0.5, 0.6) is 0 Å². The lowest BCUT2D eigenvalue weighted by atomic mass is 10.4. The summed E-state index contributed by atoms with van der Waals surface area (Å²) in [6.45, 7) is 4.62. The Balaban J connectivity index is 1.32. The lowest BCUT2D eigenvalue weighted by Gasteiger charge is -2.61. The molecule has 6 saturated heterocycles. The van der Waals surface area contributed by atoms with Gasteiger partial charge < -0.3 is 69.1 Å². The first kappa shape index (κ1) is 56.4. The Morgan fingerprint density at radius 1 is 0.220 bits per heavy atom. The van der Waals surface area contributed by atoms with Crippen LogP contribution >= 0.6 is 0 Å². The number of benzene rings is 8. The average molecular weight is 1270 g/mol. The molecule has 0 atom stereocenters. The van der Waals surface area contributed by atoms with Gasteiger partial charge in [-0.25, -0.2) is 0 Å². The van der Waals surface area contributed by atoms with Crippen molar-refractivity contribution in [1.82, 2.24) is 0 Å². The third kappa shape index (κ3) is 10.3. The predicted octanol–water partition coefficient (Wildman–Crippen LogP) is 3.90. The van der Waals surface area contributed by atoms with Crippen LogP contribution in [-0.4, -0.2) is 101 Å². The Labute approximate surface area is 488 Å². The molecule has 0 aromatic heterocycles. The molecule has 6 aliphatic rings. The number of fused-ring (bicyclic) bond motifs is 4. The number of rotatable bonds is 14. The van der Waals surface area contributed by atoms with Crippen LogP contribution in [0.4, 0.5) is 0 Å². The SMILES string of the molecule is C[Si]1(CCCN)O[Si]2(c3ccccc3)O[Si]3(c4ccccc4)O[Si]4(c5ccccc5)O[Si](C)(CCCN)O[Si]5(c6ccccc6)O[Si](c6ccccc6)(O[Si](c6ccccc6)(O1)O[Si](c1ccccc1)(O5)O[Si](c1ccccc1)(O2)O4)O3. The molecular formula is C56H62N2O14Si10. The molecule has 0 unspecified atom stereocenters. The highest BCUT2D eigenvalue weighted by atomic mass is 28.6. The summed E-state index contributed by atoms with van der Waals surface area (Å²) in [4.78, 5) is 0. The normalized spacial score (nSPS) is 34.2. The van der Waals surface area contributed by atoms with Crippen LogP contribution in [0.25, 0.3) is 0 Å². The lowest BCUT2D eigenvalue weighted by Crippen LogP contribution is -2.93. The third-order valence-corrected chi connectivity index (χ3v) is 58.3. The van der Waals surface area contributed by atoms with Crippen molar-refractivity contribution in [3.05, 3.63) is 243 Å². The highest BCUT2D eigenvalue weighted by Gasteiger charge is 2.83. The molecule has 0 amide bonds. The van der Waals surface area contributed by atoms with Crippen molar-refractivity contribution in [2.75, 3.05) is 13.1 Å². The van der Waals surface area contributed by atoms with E-state index >= 15 is 0 Å². The van der Waals surface area contributed by atoms with Gasteiger partial charge in [0.15, 0.2) is 0 Å². The minimum Gasteiger partial charge on any atom is -0.391 e. The number of hydrogen-bond acceptors (Lipinski definition) is 16. The topological polar surface area (TPSA) is 181 Å². The first-order valence-electron chi connectivity index (χ1n) is 27.5. The van der Waals surface area contributed by atoms with Gasteiger partial charge in [0.25, 0.3) is 0 Å². The maximum Gasteiger partial charge on any atom is 0.515 e. The largest absolute Gasteiger partial charge is 0.515 e. The second-order valence-corrected chi connectivity index (χ2v) is 51.3. The fraction of sp³-hybridized carbons (Fsp3) is 0.143. The van der Waals surface area contributed by atoms with Gasteiger partial charge in [0.05, 0.1) is 0 Å². The summed E-state index contributed by atoms with van der Waals surface area (Å²) in [5, 5.41) is 4.24. The Morgan fingerprint density at radius 3 is 0.488 bits per heavy atom. The van der Waals surface area contributed by atoms with Crippen LogP contribution in [-0.2, 0) is 57.6 Å². The van der Waals surface area contributed by atoms with E-state index in [1.165, 1.54) is 0 Å². The molecule has 420 valence electrons. The summed E-state index contributed by atoms with van der Waals surface area (Å²) >= 11 is 0. The zero-order chi connectivity index (χ0) is 56.0. The molecule has 0 spiro atoms. The van der Waals surface area contributed by atoms with Crippen LogP contribution in [0.2, 0.25) is 25.2 Å². The van der Waals surface area contributed by atoms with Crippen molar-refractivity contribution >= 4 is 129 Å². The maximum absolute atomic E-state index is 8.51. The average Bonchev–Trinajstić information content (AvgIpc) is 0.918. The van der Waals surface area contributed by atoms with Crippen LogP contribution in [0.3, 0.4) is 0 Å². The van der Waals surface area contributed by atoms with E-state index in [1.807, 2.05) is 256 Å². The fourth-order valence-corrected chi connectivity index (χ4v) is 67.8. The number of nitrogens with two attached hydrogens (primary N) is 2. The molecule has 0 aliphatic carbocycles. The van der Waals surface area contributed by atoms with E-state index in [0.717, 1.165) is 0 Å². The summed E-state index contributed by atoms with van der Waals surface area (Å²) in [5.74, 6) is 0. The maximum atomic E-state index is 8.51. The van der Waals surface area contributed by atoms with Crippen LogP contribution in [0.15, 0.2) is 243 Å². The summed E-state index contributed by atoms with van der Waals surface area (Å²) in [6.07, 6.45) is 0.947. The van der Waals surface area contributed by atoms with Crippen LogP contribution < -0.4 is 53.0 Å². The van der Waals surface area contributed by atoms with Gasteiger partial charge in [-0.3, -0.25) is 0 Å². The van der Waals surface area contributed by atoms with Gasteiger partial charge in [0, 0.05) is 41.5 Å². The number of hydrogen-bond donors (Lipinski definition) is 2. The monoisotopic (exact) mass is 1270 g/mol. The van der Waals surface area contributed by atoms with Crippen molar-refractivity contribution in [1.29, 1.82) is 0 Å².